The predicted molar refractivity (Wildman–Crippen MR) is 98.0 cm³/mol. The highest BCUT2D eigenvalue weighted by Gasteiger charge is 2.16. The number of nitrogens with zero attached hydrogens (tertiary/aromatic N) is 2. The number of carbonyl (C=O) groups excluding carboxylic acids is 1. The molecule has 7 heteroatoms. The minimum atomic E-state index is 0.213. The number of ether oxygens (including phenoxy) is 1. The maximum atomic E-state index is 12.1. The van der Waals surface area contributed by atoms with Gasteiger partial charge in [-0.05, 0) is 12.1 Å². The smallest absolute Gasteiger partial charge is 0.223 e. The van der Waals surface area contributed by atoms with Crippen LogP contribution in [0.3, 0.4) is 0 Å². The lowest BCUT2D eigenvalue weighted by Gasteiger charge is -2.26. The molecule has 0 radical (unpaired) electrons. The van der Waals surface area contributed by atoms with E-state index in [4.69, 9.17) is 4.74 Å². The Labute approximate surface area is 152 Å². The van der Waals surface area contributed by atoms with Crippen LogP contribution >= 0.6 is 39.0 Å². The van der Waals surface area contributed by atoms with Crippen molar-refractivity contribution in [2.24, 2.45) is 0 Å². The van der Waals surface area contributed by atoms with E-state index >= 15 is 0 Å². The third kappa shape index (κ3) is 4.79. The van der Waals surface area contributed by atoms with E-state index in [9.17, 15) is 4.79 Å². The highest BCUT2D eigenvalue weighted by Crippen LogP contribution is 2.29. The second-order valence-electron chi connectivity index (χ2n) is 5.10. The zero-order chi connectivity index (χ0) is 16.1. The quantitative estimate of drug-likeness (QED) is 0.697. The van der Waals surface area contributed by atoms with Crippen LogP contribution in [0.2, 0.25) is 0 Å². The highest BCUT2D eigenvalue weighted by molar-refractivity contribution is 9.10. The van der Waals surface area contributed by atoms with Crippen LogP contribution in [0.15, 0.2) is 38.5 Å². The number of hydrogen-bond acceptors (Lipinski definition) is 5. The summed E-state index contributed by atoms with van der Waals surface area (Å²) in [5.41, 5.74) is 2.10. The minimum Gasteiger partial charge on any atom is -0.378 e. The number of morpholine rings is 1. The SMILES string of the molecule is O=C(CCSc1nc(-c2ccc(Br)cc2)cs1)N1CCOCC1. The first-order chi connectivity index (χ1) is 11.2. The molecule has 0 aliphatic carbocycles. The number of carbonyl (C=O) groups is 1. The van der Waals surface area contributed by atoms with Gasteiger partial charge in [-0.3, -0.25) is 4.79 Å². The number of rotatable bonds is 5. The molecule has 0 N–H and O–H groups in total. The van der Waals surface area contributed by atoms with Crippen LogP contribution in [-0.4, -0.2) is 47.8 Å². The third-order valence-corrected chi connectivity index (χ3v) is 6.08. The zero-order valence-electron chi connectivity index (χ0n) is 12.5. The van der Waals surface area contributed by atoms with Gasteiger partial charge in [0, 0.05) is 40.7 Å². The Bertz CT molecular complexity index is 654. The van der Waals surface area contributed by atoms with Gasteiger partial charge in [0.05, 0.1) is 18.9 Å². The molecule has 1 aromatic heterocycles. The summed E-state index contributed by atoms with van der Waals surface area (Å²) in [5, 5.41) is 2.06. The van der Waals surface area contributed by atoms with Gasteiger partial charge in [0.15, 0.2) is 4.34 Å². The van der Waals surface area contributed by atoms with Crippen LogP contribution in [0.1, 0.15) is 6.42 Å². The van der Waals surface area contributed by atoms with E-state index in [1.54, 1.807) is 23.1 Å². The normalized spacial score (nSPS) is 14.9. The van der Waals surface area contributed by atoms with Gasteiger partial charge < -0.3 is 9.64 Å². The Balaban J connectivity index is 1.49. The fourth-order valence-corrected chi connectivity index (χ4v) is 4.37. The van der Waals surface area contributed by atoms with E-state index in [-0.39, 0.29) is 5.91 Å². The molecule has 0 saturated carbocycles. The third-order valence-electron chi connectivity index (χ3n) is 3.53. The maximum absolute atomic E-state index is 12.1. The molecule has 0 atom stereocenters. The molecule has 3 rings (SSSR count). The van der Waals surface area contributed by atoms with Gasteiger partial charge in [-0.15, -0.1) is 11.3 Å². The second kappa shape index (κ2) is 8.28. The summed E-state index contributed by atoms with van der Waals surface area (Å²) < 4.78 is 7.34. The van der Waals surface area contributed by atoms with Gasteiger partial charge in [-0.25, -0.2) is 4.98 Å². The lowest BCUT2D eigenvalue weighted by Crippen LogP contribution is -2.40. The molecular formula is C16H17BrN2O2S2. The number of amides is 1. The van der Waals surface area contributed by atoms with E-state index in [1.165, 1.54) is 0 Å². The number of thioether (sulfide) groups is 1. The molecule has 0 spiro atoms. The molecule has 0 bridgehead atoms. The molecule has 1 fully saturated rings. The lowest BCUT2D eigenvalue weighted by molar-refractivity contribution is -0.134. The van der Waals surface area contributed by atoms with E-state index in [1.807, 2.05) is 17.0 Å². The molecule has 1 aromatic carbocycles. The van der Waals surface area contributed by atoms with Gasteiger partial charge in [-0.2, -0.15) is 0 Å². The molecule has 23 heavy (non-hydrogen) atoms. The first kappa shape index (κ1) is 17.0. The fraction of sp³-hybridized carbons (Fsp3) is 0.375. The van der Waals surface area contributed by atoms with Gasteiger partial charge in [0.25, 0.3) is 0 Å². The number of benzene rings is 1. The maximum Gasteiger partial charge on any atom is 0.223 e. The topological polar surface area (TPSA) is 42.4 Å². The standard InChI is InChI=1S/C16H17BrN2O2S2/c17-13-3-1-12(2-4-13)14-11-23-16(18-14)22-10-5-15(20)19-6-8-21-9-7-19/h1-4,11H,5-10H2. The van der Waals surface area contributed by atoms with Crippen molar-refractivity contribution in [3.63, 3.8) is 0 Å². The number of halogens is 1. The summed E-state index contributed by atoms with van der Waals surface area (Å²) >= 11 is 6.72. The van der Waals surface area contributed by atoms with Crippen molar-refractivity contribution in [1.29, 1.82) is 0 Å². The Morgan fingerprint density at radius 1 is 1.30 bits per heavy atom. The number of thiazole rings is 1. The minimum absolute atomic E-state index is 0.213. The predicted octanol–water partition coefficient (Wildman–Crippen LogP) is 3.91. The summed E-state index contributed by atoms with van der Waals surface area (Å²) in [7, 11) is 0. The highest BCUT2D eigenvalue weighted by atomic mass is 79.9. The van der Waals surface area contributed by atoms with Crippen LogP contribution in [0, 0.1) is 0 Å². The summed E-state index contributed by atoms with van der Waals surface area (Å²) in [4.78, 5) is 18.6. The first-order valence-electron chi connectivity index (χ1n) is 7.42. The van der Waals surface area contributed by atoms with E-state index in [0.717, 1.165) is 25.8 Å². The van der Waals surface area contributed by atoms with Crippen LogP contribution < -0.4 is 0 Å². The summed E-state index contributed by atoms with van der Waals surface area (Å²) in [6.07, 6.45) is 0.553. The molecule has 2 aromatic rings. The van der Waals surface area contributed by atoms with Gasteiger partial charge in [0.2, 0.25) is 5.91 Å². The van der Waals surface area contributed by atoms with Crippen LogP contribution in [0.4, 0.5) is 0 Å². The van der Waals surface area contributed by atoms with Crippen molar-refractivity contribution < 1.29 is 9.53 Å². The average Bonchev–Trinajstić information content (AvgIpc) is 3.05. The van der Waals surface area contributed by atoms with Crippen LogP contribution in [0.25, 0.3) is 11.3 Å². The first-order valence-corrected chi connectivity index (χ1v) is 10.1. The van der Waals surface area contributed by atoms with Gasteiger partial charge in [-0.1, -0.05) is 39.8 Å². The number of aromatic nitrogens is 1. The van der Waals surface area contributed by atoms with Gasteiger partial charge >= 0.3 is 0 Å². The van der Waals surface area contributed by atoms with Crippen LogP contribution in [0.5, 0.6) is 0 Å². The lowest BCUT2D eigenvalue weighted by atomic mass is 10.2. The Kier molecular flexibility index (Phi) is 6.10. The Hall–Kier alpha value is -0.890. The van der Waals surface area contributed by atoms with Crippen molar-refractivity contribution in [3.05, 3.63) is 34.1 Å². The Morgan fingerprint density at radius 2 is 2.04 bits per heavy atom. The monoisotopic (exact) mass is 412 g/mol. The summed E-state index contributed by atoms with van der Waals surface area (Å²) in [5.74, 6) is 0.981. The molecule has 1 amide bonds. The zero-order valence-corrected chi connectivity index (χ0v) is 15.8. The van der Waals surface area contributed by atoms with Crippen LogP contribution in [-0.2, 0) is 9.53 Å². The van der Waals surface area contributed by atoms with Gasteiger partial charge in [0.1, 0.15) is 0 Å². The van der Waals surface area contributed by atoms with Crippen molar-refractivity contribution >= 4 is 44.9 Å². The summed E-state index contributed by atoms with van der Waals surface area (Å²) in [6, 6.07) is 8.13. The second-order valence-corrected chi connectivity index (χ2v) is 8.21. The van der Waals surface area contributed by atoms with Crippen molar-refractivity contribution in [3.8, 4) is 11.3 Å². The number of hydrogen-bond donors (Lipinski definition) is 0. The fourth-order valence-electron chi connectivity index (χ4n) is 2.27. The molecule has 1 aliphatic rings. The molecule has 122 valence electrons. The molecule has 0 unspecified atom stereocenters. The molecule has 1 aliphatic heterocycles. The van der Waals surface area contributed by atoms with E-state index in [0.29, 0.717) is 32.7 Å². The molecule has 1 saturated heterocycles. The summed E-state index contributed by atoms with van der Waals surface area (Å²) in [6.45, 7) is 2.74. The van der Waals surface area contributed by atoms with E-state index < -0.39 is 0 Å². The molecule has 4 nitrogen and oxygen atoms in total. The van der Waals surface area contributed by atoms with Crippen molar-refractivity contribution in [1.82, 2.24) is 9.88 Å². The molecule has 2 heterocycles. The van der Waals surface area contributed by atoms with Crippen molar-refractivity contribution in [2.45, 2.75) is 10.8 Å². The average molecular weight is 413 g/mol. The Morgan fingerprint density at radius 3 is 2.78 bits per heavy atom. The largest absolute Gasteiger partial charge is 0.378 e. The molecular weight excluding hydrogens is 396 g/mol. The van der Waals surface area contributed by atoms with Crippen molar-refractivity contribution in [2.75, 3.05) is 32.1 Å². The van der Waals surface area contributed by atoms with E-state index in [2.05, 4.69) is 38.4 Å².